The number of benzene rings is 1. The normalized spacial score (nSPS) is 19.2. The number of anilines is 1. The van der Waals surface area contributed by atoms with Gasteiger partial charge in [-0.15, -0.1) is 0 Å². The highest BCUT2D eigenvalue weighted by molar-refractivity contribution is 5.57. The maximum absolute atomic E-state index is 5.24. The number of rotatable bonds is 7. The van der Waals surface area contributed by atoms with Crippen molar-refractivity contribution in [2.75, 3.05) is 12.4 Å². The number of allylic oxidation sites excluding steroid dienone is 16. The maximum atomic E-state index is 5.24. The molecular weight excluding hydrogens is 402 g/mol. The summed E-state index contributed by atoms with van der Waals surface area (Å²) in [5, 5.41) is 3.52. The summed E-state index contributed by atoms with van der Waals surface area (Å²) in [7, 11) is 1.69. The van der Waals surface area contributed by atoms with Gasteiger partial charge in [0, 0.05) is 11.4 Å². The smallest absolute Gasteiger partial charge is 0.119 e. The number of nitrogens with one attached hydrogen (secondary N) is 1. The van der Waals surface area contributed by atoms with E-state index in [1.165, 1.54) is 45.6 Å². The lowest BCUT2D eigenvalue weighted by molar-refractivity contribution is 0.415. The zero-order valence-corrected chi connectivity index (χ0v) is 20.2. The van der Waals surface area contributed by atoms with E-state index in [9.17, 15) is 0 Å². The monoisotopic (exact) mass is 437 g/mol. The van der Waals surface area contributed by atoms with Gasteiger partial charge >= 0.3 is 0 Å². The van der Waals surface area contributed by atoms with Crippen molar-refractivity contribution in [3.05, 3.63) is 118 Å². The summed E-state index contributed by atoms with van der Waals surface area (Å²) >= 11 is 0. The Labute approximate surface area is 199 Å². The number of hydrogen-bond acceptors (Lipinski definition) is 2. The van der Waals surface area contributed by atoms with Crippen LogP contribution in [0.15, 0.2) is 118 Å². The fraction of sp³-hybridized carbons (Fsp3) is 0.290. The molecule has 2 nitrogen and oxygen atoms in total. The summed E-state index contributed by atoms with van der Waals surface area (Å²) in [5.41, 5.74) is 10.8. The first-order valence-corrected chi connectivity index (χ1v) is 12.1. The average Bonchev–Trinajstić information content (AvgIpc) is 2.83. The van der Waals surface area contributed by atoms with Gasteiger partial charge in [0.25, 0.3) is 0 Å². The van der Waals surface area contributed by atoms with Gasteiger partial charge in [0.15, 0.2) is 0 Å². The summed E-state index contributed by atoms with van der Waals surface area (Å²) in [6.45, 7) is 4.46. The van der Waals surface area contributed by atoms with Crippen molar-refractivity contribution in [2.45, 2.75) is 52.4 Å². The summed E-state index contributed by atoms with van der Waals surface area (Å²) in [6, 6.07) is 8.07. The fourth-order valence-corrected chi connectivity index (χ4v) is 4.53. The third kappa shape index (κ3) is 6.38. The number of methoxy groups -OCH3 is 1. The molecule has 0 fully saturated rings. The van der Waals surface area contributed by atoms with Gasteiger partial charge in [-0.1, -0.05) is 59.8 Å². The van der Waals surface area contributed by atoms with Crippen molar-refractivity contribution in [1.82, 2.24) is 0 Å². The first kappa shape index (κ1) is 22.9. The molecule has 0 unspecified atom stereocenters. The highest BCUT2D eigenvalue weighted by atomic mass is 16.5. The van der Waals surface area contributed by atoms with Gasteiger partial charge in [-0.05, 0) is 105 Å². The number of ether oxygens (including phenoxy) is 1. The van der Waals surface area contributed by atoms with E-state index in [0.717, 1.165) is 43.5 Å². The Kier molecular flexibility index (Phi) is 7.67. The van der Waals surface area contributed by atoms with Crippen molar-refractivity contribution in [2.24, 2.45) is 0 Å². The van der Waals surface area contributed by atoms with Crippen LogP contribution in [0.25, 0.3) is 0 Å². The highest BCUT2D eigenvalue weighted by Gasteiger charge is 2.13. The van der Waals surface area contributed by atoms with Crippen LogP contribution >= 0.6 is 0 Å². The highest BCUT2D eigenvalue weighted by Crippen LogP contribution is 2.32. The van der Waals surface area contributed by atoms with E-state index in [-0.39, 0.29) is 0 Å². The molecule has 0 radical (unpaired) electrons. The van der Waals surface area contributed by atoms with Crippen LogP contribution in [-0.4, -0.2) is 7.11 Å². The summed E-state index contributed by atoms with van der Waals surface area (Å²) in [6.07, 6.45) is 27.4. The van der Waals surface area contributed by atoms with Gasteiger partial charge in [-0.25, -0.2) is 0 Å². The third-order valence-electron chi connectivity index (χ3n) is 6.39. The molecule has 0 amide bonds. The molecule has 4 rings (SSSR count). The van der Waals surface area contributed by atoms with E-state index in [0.29, 0.717) is 0 Å². The van der Waals surface area contributed by atoms with E-state index in [1.54, 1.807) is 7.11 Å². The SMILES string of the molecule is COc1ccc(NC2=CC=C(C=CC=C(C3=CCCC(C)=C3)C3=CC(C)=CCC3)CC2)cc1. The van der Waals surface area contributed by atoms with Crippen molar-refractivity contribution >= 4 is 5.69 Å². The molecule has 33 heavy (non-hydrogen) atoms. The van der Waals surface area contributed by atoms with E-state index in [1.807, 2.05) is 12.1 Å². The van der Waals surface area contributed by atoms with Crippen LogP contribution in [0.2, 0.25) is 0 Å². The molecular formula is C31H35NO. The molecule has 2 heteroatoms. The van der Waals surface area contributed by atoms with Gasteiger partial charge in [0.2, 0.25) is 0 Å². The van der Waals surface area contributed by atoms with E-state index >= 15 is 0 Å². The van der Waals surface area contributed by atoms with Gasteiger partial charge in [0.05, 0.1) is 7.11 Å². The summed E-state index contributed by atoms with van der Waals surface area (Å²) < 4.78 is 5.24. The van der Waals surface area contributed by atoms with Crippen LogP contribution in [0.3, 0.4) is 0 Å². The van der Waals surface area contributed by atoms with E-state index in [2.05, 4.69) is 86.0 Å². The van der Waals surface area contributed by atoms with Gasteiger partial charge < -0.3 is 10.1 Å². The minimum Gasteiger partial charge on any atom is -0.497 e. The standard InChI is InChI=1S/C31H35NO/c1-23-7-4-10-26(21-23)31(27-11-5-8-24(2)22-27)12-6-9-25-13-15-28(16-14-25)32-29-17-19-30(33-3)20-18-29/h6-7,9,11-13,15,17-22,32H,4-5,8,10,14,16H2,1-3H3. The Morgan fingerprint density at radius 1 is 0.909 bits per heavy atom. The Morgan fingerprint density at radius 2 is 1.73 bits per heavy atom. The zero-order valence-electron chi connectivity index (χ0n) is 20.2. The molecule has 3 aliphatic rings. The van der Waals surface area contributed by atoms with Crippen molar-refractivity contribution in [1.29, 1.82) is 0 Å². The molecule has 0 saturated heterocycles. The lowest BCUT2D eigenvalue weighted by atomic mass is 9.86. The molecule has 0 spiro atoms. The Bertz CT molecular complexity index is 1110. The fourth-order valence-electron chi connectivity index (χ4n) is 4.53. The summed E-state index contributed by atoms with van der Waals surface area (Å²) in [4.78, 5) is 0. The van der Waals surface area contributed by atoms with E-state index in [4.69, 9.17) is 4.74 Å². The molecule has 0 bridgehead atoms. The molecule has 0 atom stereocenters. The van der Waals surface area contributed by atoms with Crippen molar-refractivity contribution in [3.8, 4) is 5.75 Å². The lowest BCUT2D eigenvalue weighted by Gasteiger charge is -2.19. The second kappa shape index (κ2) is 11.0. The van der Waals surface area contributed by atoms with Crippen LogP contribution < -0.4 is 10.1 Å². The number of hydrogen-bond donors (Lipinski definition) is 1. The predicted octanol–water partition coefficient (Wildman–Crippen LogP) is 8.53. The second-order valence-corrected chi connectivity index (χ2v) is 9.07. The Morgan fingerprint density at radius 3 is 2.42 bits per heavy atom. The van der Waals surface area contributed by atoms with E-state index < -0.39 is 0 Å². The first-order valence-electron chi connectivity index (χ1n) is 12.1. The molecule has 170 valence electrons. The topological polar surface area (TPSA) is 21.3 Å². The summed E-state index contributed by atoms with van der Waals surface area (Å²) in [5.74, 6) is 0.878. The quantitative estimate of drug-likeness (QED) is 0.432. The van der Waals surface area contributed by atoms with Crippen LogP contribution in [0.4, 0.5) is 5.69 Å². The molecule has 1 aromatic rings. The molecule has 1 N–H and O–H groups in total. The Balaban J connectivity index is 1.48. The molecule has 3 aliphatic carbocycles. The minimum absolute atomic E-state index is 0.878. The van der Waals surface area contributed by atoms with Crippen molar-refractivity contribution < 1.29 is 4.74 Å². The lowest BCUT2D eigenvalue weighted by Crippen LogP contribution is -2.02. The second-order valence-electron chi connectivity index (χ2n) is 9.07. The average molecular weight is 438 g/mol. The van der Waals surface area contributed by atoms with Crippen LogP contribution in [-0.2, 0) is 0 Å². The molecule has 1 aromatic carbocycles. The van der Waals surface area contributed by atoms with Gasteiger partial charge in [-0.3, -0.25) is 0 Å². The van der Waals surface area contributed by atoms with Crippen LogP contribution in [0.1, 0.15) is 52.4 Å². The third-order valence-corrected chi connectivity index (χ3v) is 6.39. The zero-order chi connectivity index (χ0) is 23.0. The van der Waals surface area contributed by atoms with Crippen molar-refractivity contribution in [3.63, 3.8) is 0 Å². The molecule has 0 aromatic heterocycles. The maximum Gasteiger partial charge on any atom is 0.119 e. The predicted molar refractivity (Wildman–Crippen MR) is 141 cm³/mol. The van der Waals surface area contributed by atoms with Crippen LogP contribution in [0.5, 0.6) is 5.75 Å². The first-order chi connectivity index (χ1) is 16.1. The largest absolute Gasteiger partial charge is 0.497 e. The van der Waals surface area contributed by atoms with Crippen LogP contribution in [0, 0.1) is 0 Å². The molecule has 0 saturated carbocycles. The minimum atomic E-state index is 0.878. The van der Waals surface area contributed by atoms with Gasteiger partial charge in [0.1, 0.15) is 5.75 Å². The van der Waals surface area contributed by atoms with Gasteiger partial charge in [-0.2, -0.15) is 0 Å². The molecule has 0 heterocycles. The Hall–Kier alpha value is -3.26. The molecule has 0 aliphatic heterocycles.